The fourth-order valence-corrected chi connectivity index (χ4v) is 3.40. The number of benzene rings is 1. The minimum absolute atomic E-state index is 0.0194. The third kappa shape index (κ3) is 5.26. The zero-order chi connectivity index (χ0) is 21.3. The number of ether oxygens (including phenoxy) is 2. The summed E-state index contributed by atoms with van der Waals surface area (Å²) in [6.45, 7) is 3.45. The molecule has 30 heavy (non-hydrogen) atoms. The van der Waals surface area contributed by atoms with Gasteiger partial charge in [0.15, 0.2) is 0 Å². The highest BCUT2D eigenvalue weighted by Crippen LogP contribution is 2.24. The van der Waals surface area contributed by atoms with E-state index in [0.29, 0.717) is 45.9 Å². The fourth-order valence-electron chi connectivity index (χ4n) is 3.40. The predicted octanol–water partition coefficient (Wildman–Crippen LogP) is 1.56. The molecular formula is C22H26N4O4. The number of aromatic nitrogens is 1. The summed E-state index contributed by atoms with van der Waals surface area (Å²) in [5.74, 6) is -0.402. The van der Waals surface area contributed by atoms with E-state index in [-0.39, 0.29) is 18.0 Å². The summed E-state index contributed by atoms with van der Waals surface area (Å²) in [5, 5.41) is 13.1. The van der Waals surface area contributed by atoms with Gasteiger partial charge in [-0.25, -0.2) is 0 Å². The van der Waals surface area contributed by atoms with Crippen LogP contribution in [0, 0.1) is 11.3 Å². The van der Waals surface area contributed by atoms with Gasteiger partial charge in [-0.05, 0) is 18.6 Å². The van der Waals surface area contributed by atoms with E-state index in [2.05, 4.69) is 5.32 Å². The molecule has 0 spiro atoms. The van der Waals surface area contributed by atoms with Gasteiger partial charge in [-0.1, -0.05) is 18.2 Å². The van der Waals surface area contributed by atoms with Crippen molar-refractivity contribution in [3.63, 3.8) is 0 Å². The molecule has 2 amide bonds. The Kier molecular flexibility index (Phi) is 7.60. The van der Waals surface area contributed by atoms with Crippen molar-refractivity contribution in [3.8, 4) is 6.07 Å². The number of nitrogens with one attached hydrogen (secondary N) is 1. The second-order valence-corrected chi connectivity index (χ2v) is 6.99. The minimum atomic E-state index is -0.421. The highest BCUT2D eigenvalue weighted by atomic mass is 16.5. The summed E-state index contributed by atoms with van der Waals surface area (Å²) >= 11 is 0. The van der Waals surface area contributed by atoms with Crippen LogP contribution in [-0.2, 0) is 25.6 Å². The lowest BCUT2D eigenvalue weighted by molar-refractivity contribution is -0.135. The maximum absolute atomic E-state index is 12.7. The molecule has 158 valence electrons. The normalized spacial score (nSPS) is 14.5. The van der Waals surface area contributed by atoms with Crippen molar-refractivity contribution in [1.29, 1.82) is 5.26 Å². The van der Waals surface area contributed by atoms with Crippen LogP contribution in [0.3, 0.4) is 0 Å². The van der Waals surface area contributed by atoms with Crippen LogP contribution in [-0.4, -0.2) is 67.8 Å². The first-order valence-corrected chi connectivity index (χ1v) is 9.96. The highest BCUT2D eigenvalue weighted by Gasteiger charge is 2.19. The number of hydrogen-bond acceptors (Lipinski definition) is 5. The Morgan fingerprint density at radius 1 is 1.30 bits per heavy atom. The molecule has 2 aromatic rings. The van der Waals surface area contributed by atoms with Gasteiger partial charge in [-0.3, -0.25) is 9.59 Å². The number of rotatable bonds is 8. The molecule has 0 unspecified atom stereocenters. The lowest BCUT2D eigenvalue weighted by Crippen LogP contribution is -2.42. The summed E-state index contributed by atoms with van der Waals surface area (Å²) in [4.78, 5) is 26.8. The zero-order valence-corrected chi connectivity index (χ0v) is 17.1. The third-order valence-electron chi connectivity index (χ3n) is 4.96. The standard InChI is InChI=1S/C22H26N4O4/c1-29-10-4-7-24-22(28)17(14-23)13-18-15-26(20-6-3-2-5-19(18)20)16-21(27)25-8-11-30-12-9-25/h2-3,5-6,13,15H,4,7-12,16H2,1H3,(H,24,28)/b17-13+. The molecule has 2 heterocycles. The van der Waals surface area contributed by atoms with Gasteiger partial charge < -0.3 is 24.3 Å². The number of carbonyl (C=O) groups is 2. The van der Waals surface area contributed by atoms with Crippen LogP contribution in [0.5, 0.6) is 0 Å². The number of carbonyl (C=O) groups excluding carboxylic acids is 2. The molecule has 1 fully saturated rings. The Bertz CT molecular complexity index is 967. The molecule has 3 rings (SSSR count). The maximum atomic E-state index is 12.7. The lowest BCUT2D eigenvalue weighted by atomic mass is 10.1. The zero-order valence-electron chi connectivity index (χ0n) is 17.1. The summed E-state index contributed by atoms with van der Waals surface area (Å²) in [6.07, 6.45) is 4.06. The van der Waals surface area contributed by atoms with Crippen LogP contribution >= 0.6 is 0 Å². The first-order chi connectivity index (χ1) is 14.6. The quantitative estimate of drug-likeness (QED) is 0.405. The molecule has 1 aliphatic rings. The van der Waals surface area contributed by atoms with Crippen LogP contribution < -0.4 is 5.32 Å². The van der Waals surface area contributed by atoms with E-state index in [4.69, 9.17) is 9.47 Å². The van der Waals surface area contributed by atoms with Crippen LogP contribution in [0.1, 0.15) is 12.0 Å². The number of nitriles is 1. The minimum Gasteiger partial charge on any atom is -0.385 e. The van der Waals surface area contributed by atoms with Crippen LogP contribution in [0.4, 0.5) is 0 Å². The van der Waals surface area contributed by atoms with Gasteiger partial charge in [0.2, 0.25) is 5.91 Å². The van der Waals surface area contributed by atoms with Gasteiger partial charge in [0, 0.05) is 56.0 Å². The molecular weight excluding hydrogens is 384 g/mol. The largest absolute Gasteiger partial charge is 0.385 e. The van der Waals surface area contributed by atoms with E-state index in [1.54, 1.807) is 18.1 Å². The second-order valence-electron chi connectivity index (χ2n) is 6.99. The SMILES string of the molecule is COCCCNC(=O)/C(C#N)=C/c1cn(CC(=O)N2CCOCC2)c2ccccc12. The second kappa shape index (κ2) is 10.6. The molecule has 0 saturated carbocycles. The van der Waals surface area contributed by atoms with Gasteiger partial charge in [0.1, 0.15) is 18.2 Å². The Labute approximate surface area is 175 Å². The summed E-state index contributed by atoms with van der Waals surface area (Å²) in [6, 6.07) is 9.62. The van der Waals surface area contributed by atoms with Gasteiger partial charge in [0.05, 0.1) is 13.2 Å². The lowest BCUT2D eigenvalue weighted by Gasteiger charge is -2.27. The van der Waals surface area contributed by atoms with E-state index < -0.39 is 5.91 Å². The van der Waals surface area contributed by atoms with E-state index >= 15 is 0 Å². The molecule has 1 N–H and O–H groups in total. The van der Waals surface area contributed by atoms with Gasteiger partial charge in [-0.15, -0.1) is 0 Å². The van der Waals surface area contributed by atoms with E-state index in [0.717, 1.165) is 16.5 Å². The Morgan fingerprint density at radius 2 is 2.07 bits per heavy atom. The van der Waals surface area contributed by atoms with Crippen LogP contribution in [0.25, 0.3) is 17.0 Å². The average molecular weight is 410 g/mol. The average Bonchev–Trinajstić information content (AvgIpc) is 3.12. The monoisotopic (exact) mass is 410 g/mol. The van der Waals surface area contributed by atoms with E-state index in [1.165, 1.54) is 0 Å². The first-order valence-electron chi connectivity index (χ1n) is 9.96. The van der Waals surface area contributed by atoms with Crippen molar-refractivity contribution in [2.24, 2.45) is 0 Å². The van der Waals surface area contributed by atoms with Crippen molar-refractivity contribution in [2.75, 3.05) is 46.6 Å². The van der Waals surface area contributed by atoms with Crippen molar-refractivity contribution in [3.05, 3.63) is 41.6 Å². The topological polar surface area (TPSA) is 96.6 Å². The number of fused-ring (bicyclic) bond motifs is 1. The molecule has 0 bridgehead atoms. The van der Waals surface area contributed by atoms with Crippen molar-refractivity contribution in [1.82, 2.24) is 14.8 Å². The molecule has 8 heteroatoms. The number of methoxy groups -OCH3 is 1. The van der Waals surface area contributed by atoms with Crippen molar-refractivity contribution >= 4 is 28.8 Å². The van der Waals surface area contributed by atoms with Gasteiger partial charge >= 0.3 is 0 Å². The summed E-state index contributed by atoms with van der Waals surface area (Å²) in [7, 11) is 1.60. The van der Waals surface area contributed by atoms with Crippen LogP contribution in [0.2, 0.25) is 0 Å². The number of nitrogens with zero attached hydrogens (tertiary/aromatic N) is 3. The summed E-state index contributed by atoms with van der Waals surface area (Å²) in [5.41, 5.74) is 1.63. The van der Waals surface area contributed by atoms with Crippen LogP contribution in [0.15, 0.2) is 36.0 Å². The number of morpholine rings is 1. The number of para-hydroxylation sites is 1. The number of amides is 2. The molecule has 0 radical (unpaired) electrons. The first kappa shape index (κ1) is 21.6. The third-order valence-corrected chi connectivity index (χ3v) is 4.96. The molecule has 1 aromatic heterocycles. The van der Waals surface area contributed by atoms with E-state index in [9.17, 15) is 14.9 Å². The Morgan fingerprint density at radius 3 is 2.80 bits per heavy atom. The van der Waals surface area contributed by atoms with Crippen molar-refractivity contribution < 1.29 is 19.1 Å². The Hall–Kier alpha value is -3.15. The van der Waals surface area contributed by atoms with Gasteiger partial charge in [0.25, 0.3) is 5.91 Å². The molecule has 0 aliphatic carbocycles. The molecule has 0 atom stereocenters. The number of hydrogen-bond donors (Lipinski definition) is 1. The fraction of sp³-hybridized carbons (Fsp3) is 0.409. The van der Waals surface area contributed by atoms with Gasteiger partial charge in [-0.2, -0.15) is 5.26 Å². The molecule has 8 nitrogen and oxygen atoms in total. The highest BCUT2D eigenvalue weighted by molar-refractivity contribution is 6.04. The molecule has 1 saturated heterocycles. The van der Waals surface area contributed by atoms with E-state index in [1.807, 2.05) is 41.1 Å². The molecule has 1 aromatic carbocycles. The Balaban J connectivity index is 1.81. The maximum Gasteiger partial charge on any atom is 0.261 e. The van der Waals surface area contributed by atoms with Crippen molar-refractivity contribution in [2.45, 2.75) is 13.0 Å². The summed E-state index contributed by atoms with van der Waals surface area (Å²) < 4.78 is 12.1. The smallest absolute Gasteiger partial charge is 0.261 e. The molecule has 1 aliphatic heterocycles. The predicted molar refractivity (Wildman–Crippen MR) is 112 cm³/mol.